The van der Waals surface area contributed by atoms with Crippen molar-refractivity contribution < 1.29 is 4.42 Å². The summed E-state index contributed by atoms with van der Waals surface area (Å²) in [5, 5.41) is 9.78. The fourth-order valence-electron chi connectivity index (χ4n) is 8.23. The SMILES string of the molecule is CC1(C)c2ccccc2-c2c(N(c3ccc4c(c3)oc3ccccc34)c3cc4ccc5ccccc5c4c4ccccc34)cccc21. The van der Waals surface area contributed by atoms with Gasteiger partial charge in [0.1, 0.15) is 11.2 Å². The van der Waals surface area contributed by atoms with Crippen LogP contribution in [0.5, 0.6) is 0 Å². The van der Waals surface area contributed by atoms with E-state index in [9.17, 15) is 0 Å². The summed E-state index contributed by atoms with van der Waals surface area (Å²) < 4.78 is 6.48. The van der Waals surface area contributed by atoms with Crippen LogP contribution in [0.1, 0.15) is 25.0 Å². The van der Waals surface area contributed by atoms with Crippen molar-refractivity contribution >= 4 is 71.3 Å². The molecule has 10 rings (SSSR count). The number of furan rings is 1. The van der Waals surface area contributed by atoms with Crippen molar-refractivity contribution in [1.29, 1.82) is 0 Å². The molecule has 0 atom stereocenters. The van der Waals surface area contributed by atoms with Gasteiger partial charge in [0.2, 0.25) is 0 Å². The Morgan fingerprint density at radius 1 is 0.468 bits per heavy atom. The molecule has 0 bridgehead atoms. The molecular formula is C45H31NO. The molecule has 1 aliphatic carbocycles. The van der Waals surface area contributed by atoms with Gasteiger partial charge in [0.05, 0.1) is 11.4 Å². The van der Waals surface area contributed by atoms with Crippen LogP contribution in [-0.2, 0) is 5.41 Å². The number of hydrogen-bond donors (Lipinski definition) is 0. The molecule has 0 radical (unpaired) electrons. The topological polar surface area (TPSA) is 16.4 Å². The van der Waals surface area contributed by atoms with Crippen molar-refractivity contribution in [2.75, 3.05) is 4.90 Å². The third-order valence-electron chi connectivity index (χ3n) is 10.4. The lowest BCUT2D eigenvalue weighted by Crippen LogP contribution is -2.16. The highest BCUT2D eigenvalue weighted by Crippen LogP contribution is 2.55. The molecular weight excluding hydrogens is 571 g/mol. The van der Waals surface area contributed by atoms with Crippen LogP contribution in [0, 0.1) is 0 Å². The molecule has 0 unspecified atom stereocenters. The predicted octanol–water partition coefficient (Wildman–Crippen LogP) is 12.8. The first-order valence-electron chi connectivity index (χ1n) is 16.4. The van der Waals surface area contributed by atoms with Gasteiger partial charge in [-0.15, -0.1) is 0 Å². The molecule has 0 aliphatic heterocycles. The minimum Gasteiger partial charge on any atom is -0.456 e. The maximum atomic E-state index is 6.48. The summed E-state index contributed by atoms with van der Waals surface area (Å²) in [6.07, 6.45) is 0. The number of para-hydroxylation sites is 1. The molecule has 222 valence electrons. The summed E-state index contributed by atoms with van der Waals surface area (Å²) in [6, 6.07) is 55.3. The number of hydrogen-bond acceptors (Lipinski definition) is 2. The van der Waals surface area contributed by atoms with Crippen LogP contribution < -0.4 is 4.90 Å². The number of anilines is 3. The lowest BCUT2D eigenvalue weighted by Gasteiger charge is -2.30. The minimum atomic E-state index is -0.110. The molecule has 1 aliphatic rings. The Morgan fingerprint density at radius 3 is 2.04 bits per heavy atom. The molecule has 0 fully saturated rings. The van der Waals surface area contributed by atoms with Crippen LogP contribution >= 0.6 is 0 Å². The maximum absolute atomic E-state index is 6.48. The van der Waals surface area contributed by atoms with Gasteiger partial charge < -0.3 is 9.32 Å². The molecule has 47 heavy (non-hydrogen) atoms. The largest absolute Gasteiger partial charge is 0.456 e. The lowest BCUT2D eigenvalue weighted by molar-refractivity contribution is 0.660. The van der Waals surface area contributed by atoms with Crippen molar-refractivity contribution in [3.8, 4) is 11.1 Å². The maximum Gasteiger partial charge on any atom is 0.137 e. The van der Waals surface area contributed by atoms with Crippen molar-refractivity contribution in [3.63, 3.8) is 0 Å². The van der Waals surface area contributed by atoms with E-state index in [0.29, 0.717) is 0 Å². The number of rotatable bonds is 3. The minimum absolute atomic E-state index is 0.110. The van der Waals surface area contributed by atoms with E-state index in [-0.39, 0.29) is 5.41 Å². The summed E-state index contributed by atoms with van der Waals surface area (Å²) in [5.74, 6) is 0. The fourth-order valence-corrected chi connectivity index (χ4v) is 8.23. The molecule has 1 aromatic heterocycles. The zero-order chi connectivity index (χ0) is 31.3. The van der Waals surface area contributed by atoms with Crippen LogP contribution in [0.25, 0.3) is 65.4 Å². The third kappa shape index (κ3) is 3.67. The van der Waals surface area contributed by atoms with E-state index in [1.54, 1.807) is 0 Å². The molecule has 1 heterocycles. The Labute approximate surface area is 273 Å². The van der Waals surface area contributed by atoms with Gasteiger partial charge in [-0.05, 0) is 74.0 Å². The second kappa shape index (κ2) is 9.57. The summed E-state index contributed by atoms with van der Waals surface area (Å²) in [6.45, 7) is 4.70. The Balaban J connectivity index is 1.33. The second-order valence-corrected chi connectivity index (χ2v) is 13.3. The molecule has 0 N–H and O–H groups in total. The molecule has 0 amide bonds. The first-order chi connectivity index (χ1) is 23.1. The Morgan fingerprint density at radius 2 is 1.15 bits per heavy atom. The first-order valence-corrected chi connectivity index (χ1v) is 16.4. The number of benzene rings is 8. The summed E-state index contributed by atoms with van der Waals surface area (Å²) in [5.41, 5.74) is 10.4. The van der Waals surface area contributed by atoms with E-state index in [1.807, 2.05) is 6.07 Å². The lowest BCUT2D eigenvalue weighted by atomic mass is 9.82. The average molecular weight is 602 g/mol. The van der Waals surface area contributed by atoms with E-state index in [1.165, 1.54) is 60.3 Å². The van der Waals surface area contributed by atoms with E-state index >= 15 is 0 Å². The quantitative estimate of drug-likeness (QED) is 0.187. The van der Waals surface area contributed by atoms with Crippen LogP contribution in [0.4, 0.5) is 17.1 Å². The fraction of sp³-hybridized carbons (Fsp3) is 0.0667. The number of fused-ring (bicyclic) bond motifs is 11. The predicted molar refractivity (Wildman–Crippen MR) is 198 cm³/mol. The van der Waals surface area contributed by atoms with E-state index in [2.05, 4.69) is 164 Å². The summed E-state index contributed by atoms with van der Waals surface area (Å²) >= 11 is 0. The van der Waals surface area contributed by atoms with E-state index in [0.717, 1.165) is 33.3 Å². The molecule has 8 aromatic carbocycles. The van der Waals surface area contributed by atoms with Gasteiger partial charge in [-0.25, -0.2) is 0 Å². The van der Waals surface area contributed by atoms with Gasteiger partial charge in [0, 0.05) is 38.9 Å². The first kappa shape index (κ1) is 26.4. The van der Waals surface area contributed by atoms with Gasteiger partial charge >= 0.3 is 0 Å². The molecule has 0 saturated carbocycles. The highest BCUT2D eigenvalue weighted by Gasteiger charge is 2.38. The van der Waals surface area contributed by atoms with Crippen molar-refractivity contribution in [2.24, 2.45) is 0 Å². The van der Waals surface area contributed by atoms with E-state index in [4.69, 9.17) is 4.42 Å². The molecule has 9 aromatic rings. The monoisotopic (exact) mass is 601 g/mol. The van der Waals surface area contributed by atoms with Gasteiger partial charge in [0.25, 0.3) is 0 Å². The highest BCUT2D eigenvalue weighted by molar-refractivity contribution is 6.24. The standard InChI is InChI=1S/C45H31NO/c1-45(2)37-18-9-7-17-36(37)44-38(45)19-11-20-39(44)46(30-24-25-34-33-15-8-10-21-41(33)47-42(34)27-30)40-26-29-23-22-28-12-3-4-13-31(28)43(29)35-16-6-5-14-32(35)40/h3-27H,1-2H3. The molecule has 2 nitrogen and oxygen atoms in total. The molecule has 2 heteroatoms. The Kier molecular flexibility index (Phi) is 5.37. The number of nitrogens with zero attached hydrogens (tertiary/aromatic N) is 1. The van der Waals surface area contributed by atoms with Crippen LogP contribution in [-0.4, -0.2) is 0 Å². The van der Waals surface area contributed by atoms with Crippen molar-refractivity contribution in [1.82, 2.24) is 0 Å². The third-order valence-corrected chi connectivity index (χ3v) is 10.4. The zero-order valence-electron chi connectivity index (χ0n) is 26.3. The van der Waals surface area contributed by atoms with Gasteiger partial charge in [0.15, 0.2) is 0 Å². The second-order valence-electron chi connectivity index (χ2n) is 13.3. The Bertz CT molecular complexity index is 2730. The zero-order valence-corrected chi connectivity index (χ0v) is 26.3. The van der Waals surface area contributed by atoms with Gasteiger partial charge in [-0.1, -0.05) is 129 Å². The van der Waals surface area contributed by atoms with Crippen molar-refractivity contribution in [2.45, 2.75) is 19.3 Å². The van der Waals surface area contributed by atoms with Crippen LogP contribution in [0.15, 0.2) is 156 Å². The Hall–Kier alpha value is -5.86. The van der Waals surface area contributed by atoms with Crippen LogP contribution in [0.3, 0.4) is 0 Å². The van der Waals surface area contributed by atoms with Gasteiger partial charge in [-0.3, -0.25) is 0 Å². The van der Waals surface area contributed by atoms with Gasteiger partial charge in [-0.2, -0.15) is 0 Å². The summed E-state index contributed by atoms with van der Waals surface area (Å²) in [4.78, 5) is 2.47. The average Bonchev–Trinajstić information content (AvgIpc) is 3.60. The highest BCUT2D eigenvalue weighted by atomic mass is 16.3. The van der Waals surface area contributed by atoms with Crippen molar-refractivity contribution in [3.05, 3.63) is 163 Å². The molecule has 0 saturated heterocycles. The summed E-state index contributed by atoms with van der Waals surface area (Å²) in [7, 11) is 0. The van der Waals surface area contributed by atoms with E-state index < -0.39 is 0 Å². The smallest absolute Gasteiger partial charge is 0.137 e. The normalized spacial score (nSPS) is 13.5. The molecule has 0 spiro atoms. The van der Waals surface area contributed by atoms with Crippen LogP contribution in [0.2, 0.25) is 0 Å².